The molecule has 0 unspecified atom stereocenters. The topological polar surface area (TPSA) is 85.8 Å². The van der Waals surface area contributed by atoms with Gasteiger partial charge in [-0.15, -0.1) is 0 Å². The summed E-state index contributed by atoms with van der Waals surface area (Å²) < 4.78 is 0. The van der Waals surface area contributed by atoms with E-state index in [1.807, 2.05) is 6.92 Å². The van der Waals surface area contributed by atoms with Crippen molar-refractivity contribution in [3.63, 3.8) is 0 Å². The number of carbonyl (C=O) groups is 2. The first-order valence-electron chi connectivity index (χ1n) is 9.91. The Balaban J connectivity index is 1.82. The van der Waals surface area contributed by atoms with Crippen LogP contribution in [0.5, 0.6) is 0 Å². The summed E-state index contributed by atoms with van der Waals surface area (Å²) in [6.07, 6.45) is 2.51. The lowest BCUT2D eigenvalue weighted by atomic mass is 9.93. The van der Waals surface area contributed by atoms with Gasteiger partial charge in [0.15, 0.2) is 5.96 Å². The van der Waals surface area contributed by atoms with Crippen molar-refractivity contribution >= 4 is 41.0 Å². The zero-order valence-electron chi connectivity index (χ0n) is 16.9. The van der Waals surface area contributed by atoms with Gasteiger partial charge in [-0.25, -0.2) is 0 Å². The minimum Gasteiger partial charge on any atom is -0.359 e. The van der Waals surface area contributed by atoms with Crippen LogP contribution in [0.2, 0.25) is 10.0 Å². The van der Waals surface area contributed by atoms with E-state index in [1.165, 1.54) is 0 Å². The molecule has 7 nitrogen and oxygen atoms in total. The van der Waals surface area contributed by atoms with Crippen molar-refractivity contribution < 1.29 is 9.59 Å². The highest BCUT2D eigenvalue weighted by atomic mass is 35.5. The fourth-order valence-electron chi connectivity index (χ4n) is 3.21. The average Bonchev–Trinajstić information content (AvgIpc) is 2.72. The lowest BCUT2D eigenvalue weighted by Crippen LogP contribution is -2.46. The molecule has 0 aliphatic carbocycles. The number of piperidine rings is 1. The minimum atomic E-state index is -0.209. The highest BCUT2D eigenvalue weighted by Gasteiger charge is 2.23. The van der Waals surface area contributed by atoms with Gasteiger partial charge in [0.25, 0.3) is 5.91 Å². The molecule has 9 heteroatoms. The summed E-state index contributed by atoms with van der Waals surface area (Å²) in [6, 6.07) is 4.79. The first-order chi connectivity index (χ1) is 13.9. The van der Waals surface area contributed by atoms with Gasteiger partial charge in [0, 0.05) is 45.2 Å². The van der Waals surface area contributed by atoms with Gasteiger partial charge in [-0.1, -0.05) is 23.2 Å². The molecule has 3 N–H and O–H groups in total. The summed E-state index contributed by atoms with van der Waals surface area (Å²) in [4.78, 5) is 30.6. The molecule has 1 aliphatic heterocycles. The SMILES string of the molecule is CCNC(=NCCNC(=O)c1ccc(Cl)c(Cl)c1)N1CCC(CC(=O)NC)CC1. The van der Waals surface area contributed by atoms with E-state index >= 15 is 0 Å². The molecule has 0 bridgehead atoms. The van der Waals surface area contributed by atoms with Crippen LogP contribution in [0.1, 0.15) is 36.5 Å². The minimum absolute atomic E-state index is 0.0988. The number of aliphatic imine (C=N–C) groups is 1. The molecule has 1 aromatic carbocycles. The van der Waals surface area contributed by atoms with Gasteiger partial charge in [0.1, 0.15) is 0 Å². The Labute approximate surface area is 182 Å². The molecule has 1 heterocycles. The summed E-state index contributed by atoms with van der Waals surface area (Å²) in [5, 5.41) is 9.61. The third-order valence-electron chi connectivity index (χ3n) is 4.84. The van der Waals surface area contributed by atoms with Gasteiger partial charge in [0.05, 0.1) is 16.6 Å². The van der Waals surface area contributed by atoms with Gasteiger partial charge in [0.2, 0.25) is 5.91 Å². The monoisotopic (exact) mass is 441 g/mol. The molecule has 0 saturated carbocycles. The molecule has 0 spiro atoms. The first-order valence-corrected chi connectivity index (χ1v) is 10.7. The second kappa shape index (κ2) is 11.9. The van der Waals surface area contributed by atoms with E-state index in [0.717, 1.165) is 38.4 Å². The van der Waals surface area contributed by atoms with Gasteiger partial charge < -0.3 is 20.9 Å². The maximum absolute atomic E-state index is 12.2. The van der Waals surface area contributed by atoms with Crippen LogP contribution >= 0.6 is 23.2 Å². The summed E-state index contributed by atoms with van der Waals surface area (Å²) >= 11 is 11.8. The number of halogens is 2. The molecular formula is C20H29Cl2N5O2. The average molecular weight is 442 g/mol. The second-order valence-electron chi connectivity index (χ2n) is 6.93. The number of carbonyl (C=O) groups excluding carboxylic acids is 2. The fraction of sp³-hybridized carbons (Fsp3) is 0.550. The Morgan fingerprint density at radius 2 is 1.90 bits per heavy atom. The van der Waals surface area contributed by atoms with Crippen molar-refractivity contribution in [2.24, 2.45) is 10.9 Å². The van der Waals surface area contributed by atoms with Crippen LogP contribution in [0.15, 0.2) is 23.2 Å². The predicted molar refractivity (Wildman–Crippen MR) is 118 cm³/mol. The Morgan fingerprint density at radius 1 is 1.17 bits per heavy atom. The summed E-state index contributed by atoms with van der Waals surface area (Å²) in [7, 11) is 1.67. The van der Waals surface area contributed by atoms with E-state index in [1.54, 1.807) is 25.2 Å². The van der Waals surface area contributed by atoms with Crippen LogP contribution in [0, 0.1) is 5.92 Å². The van der Waals surface area contributed by atoms with Crippen LogP contribution in [-0.4, -0.2) is 62.4 Å². The van der Waals surface area contributed by atoms with E-state index in [9.17, 15) is 9.59 Å². The molecule has 1 aromatic rings. The Bertz CT molecular complexity index is 734. The molecule has 0 aromatic heterocycles. The molecule has 1 fully saturated rings. The maximum atomic E-state index is 12.2. The van der Waals surface area contributed by atoms with E-state index in [4.69, 9.17) is 23.2 Å². The molecule has 29 heavy (non-hydrogen) atoms. The van der Waals surface area contributed by atoms with Crippen LogP contribution in [0.25, 0.3) is 0 Å². The normalized spacial score (nSPS) is 15.2. The molecule has 0 atom stereocenters. The van der Waals surface area contributed by atoms with Crippen molar-refractivity contribution in [2.45, 2.75) is 26.2 Å². The Morgan fingerprint density at radius 3 is 2.52 bits per heavy atom. The largest absolute Gasteiger partial charge is 0.359 e. The summed E-state index contributed by atoms with van der Waals surface area (Å²) in [6.45, 7) is 5.41. The Hall–Kier alpha value is -1.99. The molecule has 1 saturated heterocycles. The highest BCUT2D eigenvalue weighted by molar-refractivity contribution is 6.42. The van der Waals surface area contributed by atoms with E-state index in [0.29, 0.717) is 41.0 Å². The lowest BCUT2D eigenvalue weighted by Gasteiger charge is -2.34. The van der Waals surface area contributed by atoms with E-state index in [-0.39, 0.29) is 11.8 Å². The number of amides is 2. The number of nitrogens with zero attached hydrogens (tertiary/aromatic N) is 2. The van der Waals surface area contributed by atoms with Crippen molar-refractivity contribution in [3.8, 4) is 0 Å². The van der Waals surface area contributed by atoms with Gasteiger partial charge in [-0.2, -0.15) is 0 Å². The predicted octanol–water partition coefficient (Wildman–Crippen LogP) is 2.54. The smallest absolute Gasteiger partial charge is 0.251 e. The number of rotatable bonds is 7. The standard InChI is InChI=1S/C20H29Cl2N5O2/c1-3-24-20(27-10-6-14(7-11-27)12-18(28)23-2)26-9-8-25-19(29)15-4-5-16(21)17(22)13-15/h4-5,13-14H,3,6-12H2,1-2H3,(H,23,28)(H,24,26)(H,25,29). The van der Waals surface area contributed by atoms with E-state index < -0.39 is 0 Å². The summed E-state index contributed by atoms with van der Waals surface area (Å²) in [5.41, 5.74) is 0.466. The van der Waals surface area contributed by atoms with Crippen molar-refractivity contribution in [2.75, 3.05) is 39.8 Å². The van der Waals surface area contributed by atoms with Gasteiger partial charge >= 0.3 is 0 Å². The zero-order chi connectivity index (χ0) is 21.2. The number of likely N-dealkylation sites (tertiary alicyclic amines) is 1. The third-order valence-corrected chi connectivity index (χ3v) is 5.58. The van der Waals surface area contributed by atoms with Gasteiger partial charge in [-0.05, 0) is 43.9 Å². The zero-order valence-corrected chi connectivity index (χ0v) is 18.4. The Kier molecular flexibility index (Phi) is 9.54. The number of nitrogens with one attached hydrogen (secondary N) is 3. The molecular weight excluding hydrogens is 413 g/mol. The molecule has 2 rings (SSSR count). The quantitative estimate of drug-likeness (QED) is 0.344. The van der Waals surface area contributed by atoms with Crippen LogP contribution in [0.3, 0.4) is 0 Å². The number of hydrogen-bond donors (Lipinski definition) is 3. The first kappa shape index (κ1) is 23.3. The highest BCUT2D eigenvalue weighted by Crippen LogP contribution is 2.22. The van der Waals surface area contributed by atoms with Gasteiger partial charge in [-0.3, -0.25) is 14.6 Å². The molecule has 160 valence electrons. The molecule has 0 radical (unpaired) electrons. The van der Waals surface area contributed by atoms with E-state index in [2.05, 4.69) is 25.8 Å². The lowest BCUT2D eigenvalue weighted by molar-refractivity contribution is -0.121. The molecule has 1 aliphatic rings. The summed E-state index contributed by atoms with van der Waals surface area (Å²) in [5.74, 6) is 1.15. The number of benzene rings is 1. The maximum Gasteiger partial charge on any atom is 0.251 e. The number of guanidine groups is 1. The van der Waals surface area contributed by atoms with Crippen molar-refractivity contribution in [1.82, 2.24) is 20.9 Å². The third kappa shape index (κ3) is 7.40. The van der Waals surface area contributed by atoms with Crippen LogP contribution in [-0.2, 0) is 4.79 Å². The molecule has 2 amide bonds. The fourth-order valence-corrected chi connectivity index (χ4v) is 3.51. The van der Waals surface area contributed by atoms with Crippen LogP contribution < -0.4 is 16.0 Å². The van der Waals surface area contributed by atoms with Crippen molar-refractivity contribution in [1.29, 1.82) is 0 Å². The van der Waals surface area contributed by atoms with Crippen LogP contribution in [0.4, 0.5) is 0 Å². The van der Waals surface area contributed by atoms with Crippen molar-refractivity contribution in [3.05, 3.63) is 33.8 Å². The number of hydrogen-bond acceptors (Lipinski definition) is 3. The second-order valence-corrected chi connectivity index (χ2v) is 7.74.